The number of nitrogens with one attached hydrogen (secondary N) is 2. The van der Waals surface area contributed by atoms with Gasteiger partial charge in [0, 0.05) is 82.2 Å². The Labute approximate surface area is 271 Å². The number of nitrogens with zero attached hydrogens (tertiary/aromatic N) is 6. The third kappa shape index (κ3) is 6.10. The zero-order valence-electron chi connectivity index (χ0n) is 25.7. The minimum atomic E-state index is -0.439. The number of imidazole rings is 2. The summed E-state index contributed by atoms with van der Waals surface area (Å²) in [4.78, 5) is 40.3. The van der Waals surface area contributed by atoms with Gasteiger partial charge in [-0.15, -0.1) is 0 Å². The molecule has 2 amide bonds. The van der Waals surface area contributed by atoms with Crippen molar-refractivity contribution in [2.45, 2.75) is 39.0 Å². The van der Waals surface area contributed by atoms with Crippen LogP contribution in [0.3, 0.4) is 0 Å². The Bertz CT molecular complexity index is 1800. The number of benzene rings is 2. The molecule has 0 saturated carbocycles. The Morgan fingerprint density at radius 1 is 0.822 bits per heavy atom. The lowest BCUT2D eigenvalue weighted by Crippen LogP contribution is -2.36. The van der Waals surface area contributed by atoms with Crippen molar-refractivity contribution in [2.24, 2.45) is 14.1 Å². The highest BCUT2D eigenvalue weighted by atomic mass is 35.5. The van der Waals surface area contributed by atoms with E-state index in [1.165, 1.54) is 0 Å². The lowest BCUT2D eigenvalue weighted by Gasteiger charge is -2.27. The molecular weight excluding hydrogens is 615 g/mol. The van der Waals surface area contributed by atoms with Gasteiger partial charge in [0.15, 0.2) is 11.6 Å². The summed E-state index contributed by atoms with van der Waals surface area (Å²) in [5, 5.41) is 16.2. The van der Waals surface area contributed by atoms with E-state index in [4.69, 9.17) is 23.2 Å². The molecule has 0 radical (unpaired) electrons. The summed E-state index contributed by atoms with van der Waals surface area (Å²) in [6.07, 6.45) is 1.13. The van der Waals surface area contributed by atoms with E-state index in [2.05, 4.69) is 30.4 Å². The van der Waals surface area contributed by atoms with Crippen LogP contribution in [0.1, 0.15) is 50.9 Å². The van der Waals surface area contributed by atoms with E-state index >= 15 is 0 Å². The molecular formula is C32H36Cl2N8O3. The van der Waals surface area contributed by atoms with E-state index in [1.807, 2.05) is 42.4 Å². The van der Waals surface area contributed by atoms with Crippen molar-refractivity contribution in [3.8, 4) is 11.1 Å². The zero-order chi connectivity index (χ0) is 32.0. The second kappa shape index (κ2) is 12.6. The highest BCUT2D eigenvalue weighted by Crippen LogP contribution is 2.40. The molecule has 0 saturated heterocycles. The van der Waals surface area contributed by atoms with Gasteiger partial charge < -0.3 is 29.8 Å². The van der Waals surface area contributed by atoms with Gasteiger partial charge in [0.1, 0.15) is 0 Å². The van der Waals surface area contributed by atoms with Crippen LogP contribution in [0.25, 0.3) is 11.1 Å². The molecule has 0 spiro atoms. The maximum Gasteiger partial charge on any atom is 0.291 e. The number of hydrogen-bond acceptors (Lipinski definition) is 7. The number of likely N-dealkylation sites (N-methyl/N-ethyl adjacent to an activating group) is 1. The first-order valence-corrected chi connectivity index (χ1v) is 15.6. The summed E-state index contributed by atoms with van der Waals surface area (Å²) in [6.45, 7) is 5.28. The van der Waals surface area contributed by atoms with Gasteiger partial charge in [-0.05, 0) is 26.1 Å². The summed E-state index contributed by atoms with van der Waals surface area (Å²) in [5.74, 6) is -0.131. The molecule has 2 aromatic carbocycles. The third-order valence-corrected chi connectivity index (χ3v) is 9.31. The van der Waals surface area contributed by atoms with Crippen LogP contribution in [0, 0.1) is 0 Å². The number of hydrogen-bond donors (Lipinski definition) is 3. The number of amides is 2. The lowest BCUT2D eigenvalue weighted by molar-refractivity contribution is 0.100. The topological polar surface area (TPSA) is 121 Å². The molecule has 11 nitrogen and oxygen atoms in total. The first-order valence-electron chi connectivity index (χ1n) is 14.9. The summed E-state index contributed by atoms with van der Waals surface area (Å²) in [7, 11) is 5.73. The molecule has 0 fully saturated rings. The standard InChI is InChI=1S/C32H36Cl2N8O3/c1-18(43)15-42-14-12-26-24(17-42)36-30(41(26)4)32(45)38-22-10-6-8-20(28(22)34)19-7-5-9-21(27(19)33)37-31(44)29-35-23-16-39(2)13-11-25(23)40(29)3/h5-10,18,43H,11-17H2,1-4H3,(H,37,44)(H,38,45)/t18-/m1/s1. The number of carbonyl (C=O) groups excluding carboxylic acids is 2. The minimum absolute atomic E-state index is 0.283. The van der Waals surface area contributed by atoms with Crippen LogP contribution in [0.4, 0.5) is 11.4 Å². The lowest BCUT2D eigenvalue weighted by atomic mass is 10.0. The average Bonchev–Trinajstić information content (AvgIpc) is 3.50. The molecule has 6 rings (SSSR count). The number of aromatic nitrogens is 4. The van der Waals surface area contributed by atoms with Gasteiger partial charge >= 0.3 is 0 Å². The van der Waals surface area contributed by atoms with Gasteiger partial charge in [0.05, 0.1) is 38.9 Å². The van der Waals surface area contributed by atoms with Crippen LogP contribution in [0.2, 0.25) is 10.0 Å². The number of carbonyl (C=O) groups is 2. The Balaban J connectivity index is 1.22. The first-order chi connectivity index (χ1) is 21.5. The highest BCUT2D eigenvalue weighted by molar-refractivity contribution is 6.40. The molecule has 0 unspecified atom stereocenters. The predicted octanol–water partition coefficient (Wildman–Crippen LogP) is 4.36. The largest absolute Gasteiger partial charge is 0.392 e. The molecule has 0 bridgehead atoms. The molecule has 3 N–H and O–H groups in total. The van der Waals surface area contributed by atoms with E-state index < -0.39 is 6.10 Å². The average molecular weight is 652 g/mol. The Morgan fingerprint density at radius 2 is 1.31 bits per heavy atom. The fourth-order valence-electron chi connectivity index (χ4n) is 6.21. The normalized spacial score (nSPS) is 15.8. The molecule has 2 aliphatic rings. The number of anilines is 2. The zero-order valence-corrected chi connectivity index (χ0v) is 27.2. The van der Waals surface area contributed by atoms with Crippen molar-refractivity contribution in [1.29, 1.82) is 0 Å². The van der Waals surface area contributed by atoms with Crippen molar-refractivity contribution in [3.63, 3.8) is 0 Å². The fraction of sp³-hybridized carbons (Fsp3) is 0.375. The van der Waals surface area contributed by atoms with Crippen LogP contribution in [0.5, 0.6) is 0 Å². The van der Waals surface area contributed by atoms with Crippen LogP contribution in [-0.4, -0.2) is 78.6 Å². The molecule has 1 atom stereocenters. The first kappa shape index (κ1) is 31.3. The van der Waals surface area contributed by atoms with Gasteiger partial charge in [0.25, 0.3) is 11.8 Å². The molecule has 13 heteroatoms. The van der Waals surface area contributed by atoms with Crippen LogP contribution >= 0.6 is 23.2 Å². The Hall–Kier alpha value is -3.74. The molecule has 4 aromatic rings. The quantitative estimate of drug-likeness (QED) is 0.272. The van der Waals surface area contributed by atoms with Gasteiger partial charge in [-0.2, -0.15) is 0 Å². The van der Waals surface area contributed by atoms with E-state index in [9.17, 15) is 14.7 Å². The van der Waals surface area contributed by atoms with E-state index in [0.717, 1.165) is 48.7 Å². The Morgan fingerprint density at radius 3 is 1.82 bits per heavy atom. The van der Waals surface area contributed by atoms with E-state index in [0.29, 0.717) is 58.0 Å². The minimum Gasteiger partial charge on any atom is -0.392 e. The van der Waals surface area contributed by atoms with Gasteiger partial charge in [-0.3, -0.25) is 14.5 Å². The number of β-amino-alcohol motifs (C(OH)–C–C–N with tert-alkyl or cyclic N) is 1. The fourth-order valence-corrected chi connectivity index (χ4v) is 6.76. The second-order valence-electron chi connectivity index (χ2n) is 11.8. The van der Waals surface area contributed by atoms with Crippen molar-refractivity contribution < 1.29 is 14.7 Å². The maximum absolute atomic E-state index is 13.4. The number of aliphatic hydroxyl groups is 1. The smallest absolute Gasteiger partial charge is 0.291 e. The maximum atomic E-state index is 13.4. The van der Waals surface area contributed by atoms with Gasteiger partial charge in [-0.25, -0.2) is 9.97 Å². The van der Waals surface area contributed by atoms with Crippen molar-refractivity contribution in [3.05, 3.63) is 80.9 Å². The number of halogens is 2. The number of fused-ring (bicyclic) bond motifs is 2. The molecule has 2 aromatic heterocycles. The molecule has 236 valence electrons. The van der Waals surface area contributed by atoms with Crippen LogP contribution in [0.15, 0.2) is 36.4 Å². The van der Waals surface area contributed by atoms with Crippen molar-refractivity contribution in [1.82, 2.24) is 28.9 Å². The van der Waals surface area contributed by atoms with Gasteiger partial charge in [-0.1, -0.05) is 47.5 Å². The van der Waals surface area contributed by atoms with Crippen molar-refractivity contribution in [2.75, 3.05) is 37.3 Å². The molecule has 45 heavy (non-hydrogen) atoms. The summed E-state index contributed by atoms with van der Waals surface area (Å²) < 4.78 is 3.67. The number of rotatable bonds is 7. The molecule has 0 aliphatic carbocycles. The predicted molar refractivity (Wildman–Crippen MR) is 175 cm³/mol. The summed E-state index contributed by atoms with van der Waals surface area (Å²) in [5.41, 5.74) is 5.83. The summed E-state index contributed by atoms with van der Waals surface area (Å²) in [6, 6.07) is 10.6. The molecule has 2 aliphatic heterocycles. The Kier molecular flexibility index (Phi) is 8.73. The van der Waals surface area contributed by atoms with Crippen LogP contribution in [-0.2, 0) is 40.0 Å². The molecule has 4 heterocycles. The number of aliphatic hydroxyl groups excluding tert-OH is 1. The SMILES string of the molecule is C[C@@H](O)CN1CCc2c(nc(C(=O)Nc3cccc(-c4cccc(NC(=O)c5nc6c(n5C)CCN(C)C6)c4Cl)c3Cl)n2C)C1. The van der Waals surface area contributed by atoms with Crippen molar-refractivity contribution >= 4 is 46.4 Å². The van der Waals surface area contributed by atoms with Gasteiger partial charge in [0.2, 0.25) is 0 Å². The van der Waals surface area contributed by atoms with Crippen LogP contribution < -0.4 is 10.6 Å². The van der Waals surface area contributed by atoms with E-state index in [1.54, 1.807) is 31.2 Å². The highest BCUT2D eigenvalue weighted by Gasteiger charge is 2.27. The monoisotopic (exact) mass is 650 g/mol. The van der Waals surface area contributed by atoms with E-state index in [-0.39, 0.29) is 17.6 Å². The second-order valence-corrected chi connectivity index (χ2v) is 12.6. The summed E-state index contributed by atoms with van der Waals surface area (Å²) >= 11 is 13.7. The third-order valence-electron chi connectivity index (χ3n) is 8.49.